The van der Waals surface area contributed by atoms with E-state index in [0.29, 0.717) is 5.39 Å². The highest BCUT2D eigenvalue weighted by Crippen LogP contribution is 2.07. The summed E-state index contributed by atoms with van der Waals surface area (Å²) in [5.41, 5.74) is 0.683. The first-order valence-electron chi connectivity index (χ1n) is 6.54. The average Bonchev–Trinajstić information content (AvgIpc) is 2.39. The van der Waals surface area contributed by atoms with Gasteiger partial charge >= 0.3 is 0 Å². The highest BCUT2D eigenvalue weighted by atomic mass is 16.2. The van der Waals surface area contributed by atoms with Gasteiger partial charge in [-0.1, -0.05) is 25.5 Å². The van der Waals surface area contributed by atoms with Gasteiger partial charge in [0.05, 0.1) is 0 Å². The zero-order valence-corrected chi connectivity index (χ0v) is 11.2. The van der Waals surface area contributed by atoms with Crippen LogP contribution in [-0.2, 0) is 0 Å². The maximum absolute atomic E-state index is 12.2. The number of amides is 1. The molecule has 2 rings (SSSR count). The number of aromatic amines is 1. The molecule has 1 heterocycles. The Morgan fingerprint density at radius 3 is 2.84 bits per heavy atom. The fraction of sp³-hybridized carbons (Fsp3) is 0.333. The highest BCUT2D eigenvalue weighted by Gasteiger charge is 2.14. The van der Waals surface area contributed by atoms with Crippen LogP contribution in [0.3, 0.4) is 0 Å². The van der Waals surface area contributed by atoms with E-state index in [1.165, 1.54) is 6.20 Å². The lowest BCUT2D eigenvalue weighted by Crippen LogP contribution is -2.35. The fourth-order valence-corrected chi connectivity index (χ4v) is 2.14. The van der Waals surface area contributed by atoms with E-state index in [4.69, 9.17) is 0 Å². The monoisotopic (exact) mass is 258 g/mol. The van der Waals surface area contributed by atoms with Crippen LogP contribution in [0.2, 0.25) is 0 Å². The van der Waals surface area contributed by atoms with E-state index in [2.05, 4.69) is 17.2 Å². The van der Waals surface area contributed by atoms with Crippen LogP contribution in [0.4, 0.5) is 0 Å². The Kier molecular flexibility index (Phi) is 4.00. The van der Waals surface area contributed by atoms with Gasteiger partial charge < -0.3 is 10.3 Å². The van der Waals surface area contributed by atoms with Gasteiger partial charge in [0.2, 0.25) is 5.43 Å². The number of pyridine rings is 1. The van der Waals surface area contributed by atoms with Crippen LogP contribution in [0.5, 0.6) is 0 Å². The summed E-state index contributed by atoms with van der Waals surface area (Å²) in [6, 6.07) is 7.25. The van der Waals surface area contributed by atoms with Gasteiger partial charge in [-0.05, 0) is 25.5 Å². The molecule has 0 saturated heterocycles. The van der Waals surface area contributed by atoms with Crippen molar-refractivity contribution in [3.8, 4) is 0 Å². The van der Waals surface area contributed by atoms with Crippen LogP contribution in [0.1, 0.15) is 37.0 Å². The van der Waals surface area contributed by atoms with Crippen molar-refractivity contribution in [1.82, 2.24) is 10.3 Å². The largest absolute Gasteiger partial charge is 0.360 e. The second-order valence-corrected chi connectivity index (χ2v) is 4.74. The number of nitrogens with one attached hydrogen (secondary N) is 2. The quantitative estimate of drug-likeness (QED) is 0.884. The predicted octanol–water partition coefficient (Wildman–Crippen LogP) is 2.45. The maximum Gasteiger partial charge on any atom is 0.256 e. The SMILES string of the molecule is CCC[C@H](C)NC(=O)c1c[nH]c2ccccc2c1=O. The Bertz CT molecular complexity index is 646. The Hall–Kier alpha value is -2.10. The van der Waals surface area contributed by atoms with Crippen molar-refractivity contribution in [3.63, 3.8) is 0 Å². The number of H-pyrrole nitrogens is 1. The van der Waals surface area contributed by atoms with Crippen molar-refractivity contribution in [1.29, 1.82) is 0 Å². The molecule has 0 spiro atoms. The van der Waals surface area contributed by atoms with E-state index in [1.54, 1.807) is 12.1 Å². The van der Waals surface area contributed by atoms with Gasteiger partial charge in [0.25, 0.3) is 5.91 Å². The van der Waals surface area contributed by atoms with E-state index in [0.717, 1.165) is 18.4 Å². The zero-order chi connectivity index (χ0) is 13.8. The van der Waals surface area contributed by atoms with E-state index in [1.807, 2.05) is 19.1 Å². The van der Waals surface area contributed by atoms with E-state index >= 15 is 0 Å². The van der Waals surface area contributed by atoms with Gasteiger partial charge in [0, 0.05) is 23.1 Å². The third-order valence-corrected chi connectivity index (χ3v) is 3.13. The van der Waals surface area contributed by atoms with Gasteiger partial charge in [-0.15, -0.1) is 0 Å². The Labute approximate surface area is 111 Å². The zero-order valence-electron chi connectivity index (χ0n) is 11.2. The molecular formula is C15H18N2O2. The number of hydrogen-bond acceptors (Lipinski definition) is 2. The standard InChI is InChI=1S/C15H18N2O2/c1-3-6-10(2)17-15(19)12-9-16-13-8-5-4-7-11(13)14(12)18/h4-5,7-10H,3,6H2,1-2H3,(H,16,18)(H,17,19)/t10-/m0/s1. The molecule has 4 heteroatoms. The van der Waals surface area contributed by atoms with E-state index < -0.39 is 0 Å². The van der Waals surface area contributed by atoms with E-state index in [9.17, 15) is 9.59 Å². The van der Waals surface area contributed by atoms with Gasteiger partial charge in [0.1, 0.15) is 5.56 Å². The second-order valence-electron chi connectivity index (χ2n) is 4.74. The molecule has 0 saturated carbocycles. The number of benzene rings is 1. The number of hydrogen-bond donors (Lipinski definition) is 2. The number of para-hydroxylation sites is 1. The topological polar surface area (TPSA) is 62.0 Å². The first-order valence-corrected chi connectivity index (χ1v) is 6.54. The van der Waals surface area contributed by atoms with Gasteiger partial charge in [-0.3, -0.25) is 9.59 Å². The van der Waals surface area contributed by atoms with Crippen LogP contribution in [-0.4, -0.2) is 16.9 Å². The summed E-state index contributed by atoms with van der Waals surface area (Å²) >= 11 is 0. The molecule has 2 N–H and O–H groups in total. The third-order valence-electron chi connectivity index (χ3n) is 3.13. The number of fused-ring (bicyclic) bond motifs is 1. The molecule has 19 heavy (non-hydrogen) atoms. The molecule has 1 amide bonds. The van der Waals surface area contributed by atoms with Crippen LogP contribution in [0.15, 0.2) is 35.3 Å². The molecule has 2 aromatic rings. The van der Waals surface area contributed by atoms with Gasteiger partial charge in [-0.25, -0.2) is 0 Å². The summed E-state index contributed by atoms with van der Waals surface area (Å²) in [7, 11) is 0. The predicted molar refractivity (Wildman–Crippen MR) is 76.4 cm³/mol. The second kappa shape index (κ2) is 5.69. The molecule has 0 aliphatic heterocycles. The summed E-state index contributed by atoms with van der Waals surface area (Å²) in [6.07, 6.45) is 3.38. The Morgan fingerprint density at radius 1 is 1.37 bits per heavy atom. The fourth-order valence-electron chi connectivity index (χ4n) is 2.14. The summed E-state index contributed by atoms with van der Waals surface area (Å²) < 4.78 is 0. The van der Waals surface area contributed by atoms with Crippen molar-refractivity contribution in [2.75, 3.05) is 0 Å². The van der Waals surface area contributed by atoms with Crippen molar-refractivity contribution in [2.24, 2.45) is 0 Å². The number of aromatic nitrogens is 1. The third kappa shape index (κ3) is 2.84. The normalized spacial score (nSPS) is 12.3. The number of carbonyl (C=O) groups excluding carboxylic acids is 1. The molecule has 0 unspecified atom stereocenters. The summed E-state index contributed by atoms with van der Waals surface area (Å²) in [4.78, 5) is 27.3. The lowest BCUT2D eigenvalue weighted by Gasteiger charge is -2.12. The minimum Gasteiger partial charge on any atom is -0.360 e. The molecule has 0 radical (unpaired) electrons. The maximum atomic E-state index is 12.2. The smallest absolute Gasteiger partial charge is 0.256 e. The van der Waals surface area contributed by atoms with Crippen molar-refractivity contribution >= 4 is 16.8 Å². The van der Waals surface area contributed by atoms with Crippen LogP contribution >= 0.6 is 0 Å². The Balaban J connectivity index is 2.33. The molecule has 0 bridgehead atoms. The average molecular weight is 258 g/mol. The lowest BCUT2D eigenvalue weighted by atomic mass is 10.1. The first-order chi connectivity index (χ1) is 9.13. The van der Waals surface area contributed by atoms with Crippen LogP contribution in [0.25, 0.3) is 10.9 Å². The summed E-state index contributed by atoms with van der Waals surface area (Å²) in [6.45, 7) is 4.00. The number of carbonyl (C=O) groups is 1. The summed E-state index contributed by atoms with van der Waals surface area (Å²) in [5.74, 6) is -0.312. The minimum atomic E-state index is -0.312. The van der Waals surface area contributed by atoms with Crippen LogP contribution < -0.4 is 10.7 Å². The highest BCUT2D eigenvalue weighted by molar-refractivity contribution is 5.97. The molecule has 100 valence electrons. The van der Waals surface area contributed by atoms with Crippen molar-refractivity contribution < 1.29 is 4.79 Å². The molecular weight excluding hydrogens is 240 g/mol. The molecule has 0 fully saturated rings. The molecule has 1 aromatic heterocycles. The molecule has 0 aliphatic carbocycles. The molecule has 4 nitrogen and oxygen atoms in total. The van der Waals surface area contributed by atoms with Crippen molar-refractivity contribution in [2.45, 2.75) is 32.7 Å². The van der Waals surface area contributed by atoms with Gasteiger partial charge in [-0.2, -0.15) is 0 Å². The summed E-state index contributed by atoms with van der Waals surface area (Å²) in [5, 5.41) is 3.38. The molecule has 1 atom stereocenters. The Morgan fingerprint density at radius 2 is 2.11 bits per heavy atom. The lowest BCUT2D eigenvalue weighted by molar-refractivity contribution is 0.0937. The molecule has 1 aromatic carbocycles. The molecule has 0 aliphatic rings. The van der Waals surface area contributed by atoms with E-state index in [-0.39, 0.29) is 22.9 Å². The number of rotatable bonds is 4. The van der Waals surface area contributed by atoms with Crippen LogP contribution in [0, 0.1) is 0 Å². The minimum absolute atomic E-state index is 0.0726. The van der Waals surface area contributed by atoms with Crippen molar-refractivity contribution in [3.05, 3.63) is 46.2 Å². The first kappa shape index (κ1) is 13.3. The van der Waals surface area contributed by atoms with Gasteiger partial charge in [0.15, 0.2) is 0 Å².